The number of nitrogens with zero attached hydrogens (tertiary/aromatic N) is 2. The van der Waals surface area contributed by atoms with Gasteiger partial charge >= 0.3 is 5.69 Å². The average Bonchev–Trinajstić information content (AvgIpc) is 2.29. The van der Waals surface area contributed by atoms with Crippen molar-refractivity contribution in [2.24, 2.45) is 7.05 Å². The van der Waals surface area contributed by atoms with E-state index in [0.29, 0.717) is 5.33 Å². The number of alkyl halides is 1. The second-order valence-electron chi connectivity index (χ2n) is 3.03. The zero-order chi connectivity index (χ0) is 12.1. The van der Waals surface area contributed by atoms with Crippen LogP contribution in [0.1, 0.15) is 6.23 Å². The van der Waals surface area contributed by atoms with Crippen molar-refractivity contribution in [2.45, 2.75) is 6.23 Å². The van der Waals surface area contributed by atoms with Crippen molar-refractivity contribution < 1.29 is 4.74 Å². The molecular weight excluding hydrogens is 276 g/mol. The van der Waals surface area contributed by atoms with E-state index in [2.05, 4.69) is 21.9 Å². The van der Waals surface area contributed by atoms with Crippen molar-refractivity contribution in [1.29, 1.82) is 0 Å². The first-order valence-electron chi connectivity index (χ1n) is 4.51. The van der Waals surface area contributed by atoms with Crippen LogP contribution in [-0.4, -0.2) is 21.1 Å². The summed E-state index contributed by atoms with van der Waals surface area (Å²) in [7, 11) is 1.41. The summed E-state index contributed by atoms with van der Waals surface area (Å²) in [6.07, 6.45) is 5.95. The molecule has 1 rings (SSSR count). The van der Waals surface area contributed by atoms with Gasteiger partial charge in [0.1, 0.15) is 12.8 Å². The Balaban J connectivity index is 3.12. The summed E-state index contributed by atoms with van der Waals surface area (Å²) in [4.78, 5) is 22.9. The zero-order valence-electron chi connectivity index (χ0n) is 8.72. The van der Waals surface area contributed by atoms with E-state index in [1.165, 1.54) is 23.9 Å². The molecule has 5 nitrogen and oxygen atoms in total. The molecule has 0 aliphatic rings. The predicted octanol–water partition coefficient (Wildman–Crippen LogP) is 0.0903. The second-order valence-corrected chi connectivity index (χ2v) is 3.67. The van der Waals surface area contributed by atoms with Crippen LogP contribution in [0, 0.1) is 12.3 Å². The van der Waals surface area contributed by atoms with E-state index < -0.39 is 11.9 Å². The summed E-state index contributed by atoms with van der Waals surface area (Å²) in [6.45, 7) is 0.103. The molecule has 1 aromatic heterocycles. The van der Waals surface area contributed by atoms with Crippen molar-refractivity contribution in [1.82, 2.24) is 9.13 Å². The molecule has 16 heavy (non-hydrogen) atoms. The Hall–Kier alpha value is -1.32. The number of halogens is 1. The Bertz CT molecular complexity index is 512. The van der Waals surface area contributed by atoms with E-state index in [-0.39, 0.29) is 12.2 Å². The molecule has 0 saturated carbocycles. The largest absolute Gasteiger partial charge is 0.344 e. The normalized spacial score (nSPS) is 12.1. The fourth-order valence-corrected chi connectivity index (χ4v) is 1.65. The molecule has 0 bridgehead atoms. The highest BCUT2D eigenvalue weighted by molar-refractivity contribution is 9.09. The highest BCUT2D eigenvalue weighted by atomic mass is 79.9. The summed E-state index contributed by atoms with van der Waals surface area (Å²) >= 11 is 3.22. The van der Waals surface area contributed by atoms with Crippen molar-refractivity contribution in [3.8, 4) is 12.3 Å². The lowest BCUT2D eigenvalue weighted by Crippen LogP contribution is -2.39. The minimum absolute atomic E-state index is 0.103. The summed E-state index contributed by atoms with van der Waals surface area (Å²) in [6, 6.07) is 1.30. The van der Waals surface area contributed by atoms with Gasteiger partial charge in [-0.2, -0.15) is 0 Å². The molecule has 1 aromatic rings. The van der Waals surface area contributed by atoms with Crippen molar-refractivity contribution >= 4 is 15.9 Å². The molecule has 0 spiro atoms. The van der Waals surface area contributed by atoms with Crippen LogP contribution in [0.15, 0.2) is 21.9 Å². The lowest BCUT2D eigenvalue weighted by atomic mass is 10.5. The number of hydrogen-bond acceptors (Lipinski definition) is 3. The van der Waals surface area contributed by atoms with Gasteiger partial charge in [0.2, 0.25) is 0 Å². The van der Waals surface area contributed by atoms with Gasteiger partial charge in [-0.1, -0.05) is 21.9 Å². The molecule has 86 valence electrons. The number of rotatable bonds is 4. The maximum Gasteiger partial charge on any atom is 0.332 e. The van der Waals surface area contributed by atoms with Gasteiger partial charge in [-0.15, -0.1) is 6.42 Å². The Kier molecular flexibility index (Phi) is 4.52. The third-order valence-corrected chi connectivity index (χ3v) is 2.57. The summed E-state index contributed by atoms with van der Waals surface area (Å²) < 4.78 is 7.59. The van der Waals surface area contributed by atoms with E-state index in [0.717, 1.165) is 4.57 Å². The Morgan fingerprint density at radius 3 is 2.88 bits per heavy atom. The standard InChI is InChI=1S/C10H11BrN2O3/c1-3-6-16-9(7-11)13-5-4-8(14)12(2)10(13)15/h1,4-5,9H,6-7H2,2H3. The molecule has 0 N–H and O–H groups in total. The van der Waals surface area contributed by atoms with E-state index >= 15 is 0 Å². The Morgan fingerprint density at radius 1 is 1.62 bits per heavy atom. The number of ether oxygens (including phenoxy) is 1. The summed E-state index contributed by atoms with van der Waals surface area (Å²) in [5, 5.41) is 0.410. The lowest BCUT2D eigenvalue weighted by Gasteiger charge is -2.16. The maximum atomic E-state index is 11.7. The third kappa shape index (κ3) is 2.62. The molecule has 1 unspecified atom stereocenters. The van der Waals surface area contributed by atoms with Gasteiger partial charge in [0.05, 0.1) is 0 Å². The minimum Gasteiger partial charge on any atom is -0.344 e. The van der Waals surface area contributed by atoms with Crippen molar-refractivity contribution in [3.05, 3.63) is 33.1 Å². The van der Waals surface area contributed by atoms with Crippen molar-refractivity contribution in [2.75, 3.05) is 11.9 Å². The minimum atomic E-state index is -0.518. The molecule has 0 fully saturated rings. The molecule has 1 atom stereocenters. The van der Waals surface area contributed by atoms with Crippen LogP contribution >= 0.6 is 15.9 Å². The zero-order valence-corrected chi connectivity index (χ0v) is 10.3. The van der Waals surface area contributed by atoms with Crippen LogP contribution in [-0.2, 0) is 11.8 Å². The first kappa shape index (κ1) is 12.7. The average molecular weight is 287 g/mol. The van der Waals surface area contributed by atoms with E-state index in [4.69, 9.17) is 11.2 Å². The van der Waals surface area contributed by atoms with Gasteiger partial charge < -0.3 is 4.74 Å². The third-order valence-electron chi connectivity index (χ3n) is 2.02. The van der Waals surface area contributed by atoms with Gasteiger partial charge in [0.15, 0.2) is 0 Å². The Morgan fingerprint density at radius 2 is 2.31 bits per heavy atom. The quantitative estimate of drug-likeness (QED) is 0.582. The molecule has 0 aromatic carbocycles. The highest BCUT2D eigenvalue weighted by Crippen LogP contribution is 2.07. The smallest absolute Gasteiger partial charge is 0.332 e. The molecule has 6 heteroatoms. The topological polar surface area (TPSA) is 53.2 Å². The highest BCUT2D eigenvalue weighted by Gasteiger charge is 2.12. The van der Waals surface area contributed by atoms with Crippen LogP contribution in [0.25, 0.3) is 0 Å². The molecule has 1 heterocycles. The van der Waals surface area contributed by atoms with E-state index in [1.54, 1.807) is 0 Å². The predicted molar refractivity (Wildman–Crippen MR) is 63.6 cm³/mol. The molecule has 0 amide bonds. The van der Waals surface area contributed by atoms with Crippen molar-refractivity contribution in [3.63, 3.8) is 0 Å². The van der Waals surface area contributed by atoms with Crippen LogP contribution in [0.2, 0.25) is 0 Å². The van der Waals surface area contributed by atoms with Crippen LogP contribution in [0.4, 0.5) is 0 Å². The fraction of sp³-hybridized carbons (Fsp3) is 0.400. The fourth-order valence-electron chi connectivity index (χ4n) is 1.15. The van der Waals surface area contributed by atoms with Crippen LogP contribution < -0.4 is 11.2 Å². The van der Waals surface area contributed by atoms with Gasteiger partial charge in [0, 0.05) is 24.6 Å². The van der Waals surface area contributed by atoms with E-state index in [9.17, 15) is 9.59 Å². The van der Waals surface area contributed by atoms with E-state index in [1.807, 2.05) is 0 Å². The number of terminal acetylenes is 1. The van der Waals surface area contributed by atoms with Gasteiger partial charge in [-0.25, -0.2) is 4.79 Å². The first-order valence-corrected chi connectivity index (χ1v) is 5.63. The molecular formula is C10H11BrN2O3. The monoisotopic (exact) mass is 286 g/mol. The maximum absolute atomic E-state index is 11.7. The molecule has 0 aliphatic heterocycles. The Labute approximate surface area is 101 Å². The molecule has 0 saturated heterocycles. The summed E-state index contributed by atoms with van der Waals surface area (Å²) in [5.74, 6) is 2.32. The molecule has 0 radical (unpaired) electrons. The first-order chi connectivity index (χ1) is 7.61. The molecule has 0 aliphatic carbocycles. The van der Waals surface area contributed by atoms with Crippen LogP contribution in [0.5, 0.6) is 0 Å². The van der Waals surface area contributed by atoms with Gasteiger partial charge in [-0.05, 0) is 0 Å². The summed E-state index contributed by atoms with van der Waals surface area (Å²) in [5.41, 5.74) is -0.791. The van der Waals surface area contributed by atoms with Gasteiger partial charge in [0.25, 0.3) is 5.56 Å². The number of aromatic nitrogens is 2. The van der Waals surface area contributed by atoms with Crippen LogP contribution in [0.3, 0.4) is 0 Å². The SMILES string of the molecule is C#CCOC(CBr)n1ccc(=O)n(C)c1=O. The lowest BCUT2D eigenvalue weighted by molar-refractivity contribution is 0.0383. The van der Waals surface area contributed by atoms with Gasteiger partial charge in [-0.3, -0.25) is 13.9 Å². The second kappa shape index (κ2) is 5.68. The number of hydrogen-bond donors (Lipinski definition) is 0.